The Bertz CT molecular complexity index is 1010. The van der Waals surface area contributed by atoms with E-state index in [0.29, 0.717) is 35.8 Å². The summed E-state index contributed by atoms with van der Waals surface area (Å²) in [5.41, 5.74) is 3.29. The second-order valence-corrected chi connectivity index (χ2v) is 9.17. The lowest BCUT2D eigenvalue weighted by Gasteiger charge is -2.27. The largest absolute Gasteiger partial charge is 0.493 e. The van der Waals surface area contributed by atoms with Crippen LogP contribution in [0.4, 0.5) is 5.69 Å². The Labute approximate surface area is 190 Å². The Morgan fingerprint density at radius 1 is 1.03 bits per heavy atom. The molecule has 0 fully saturated rings. The molecule has 0 bridgehead atoms. The van der Waals surface area contributed by atoms with Gasteiger partial charge in [0, 0.05) is 30.3 Å². The molecule has 3 rings (SSSR count). The molecule has 0 atom stereocenters. The molecule has 6 heteroatoms. The van der Waals surface area contributed by atoms with Gasteiger partial charge in [-0.1, -0.05) is 32.9 Å². The molecule has 6 nitrogen and oxygen atoms in total. The summed E-state index contributed by atoms with van der Waals surface area (Å²) < 4.78 is 11.5. The van der Waals surface area contributed by atoms with E-state index in [1.54, 1.807) is 12.1 Å². The Kier molecular flexibility index (Phi) is 7.24. The van der Waals surface area contributed by atoms with Gasteiger partial charge in [0.05, 0.1) is 24.3 Å². The minimum atomic E-state index is -0.614. The van der Waals surface area contributed by atoms with Gasteiger partial charge in [0.15, 0.2) is 5.78 Å². The van der Waals surface area contributed by atoms with Crippen LogP contribution in [-0.4, -0.2) is 43.4 Å². The smallest absolute Gasteiger partial charge is 0.259 e. The number of Topliss-reactive ketones (excluding diaryl/α,β-unsaturated/α-hetero) is 1. The van der Waals surface area contributed by atoms with Gasteiger partial charge in [-0.2, -0.15) is 0 Å². The lowest BCUT2D eigenvalue weighted by Crippen LogP contribution is -2.28. The lowest BCUT2D eigenvalue weighted by atomic mass is 9.85. The molecule has 0 unspecified atom stereocenters. The SMILES string of the molecule is CCOc1cc(OCC)c(C(=O)C(C)(C)C)cc1C(=O)Nc1cccc2c1CCN(C)C2. The fourth-order valence-corrected chi connectivity index (χ4v) is 3.93. The number of nitrogens with zero attached hydrogens (tertiary/aromatic N) is 1. The van der Waals surface area contributed by atoms with Crippen LogP contribution in [0, 0.1) is 5.41 Å². The molecule has 0 saturated heterocycles. The van der Waals surface area contributed by atoms with E-state index < -0.39 is 5.41 Å². The first-order valence-electron chi connectivity index (χ1n) is 11.2. The number of nitrogens with one attached hydrogen (secondary N) is 1. The van der Waals surface area contributed by atoms with Crippen LogP contribution < -0.4 is 14.8 Å². The van der Waals surface area contributed by atoms with Gasteiger partial charge in [-0.15, -0.1) is 0 Å². The van der Waals surface area contributed by atoms with E-state index >= 15 is 0 Å². The highest BCUT2D eigenvalue weighted by atomic mass is 16.5. The predicted octanol–water partition coefficient (Wildman–Crippen LogP) is 4.95. The number of hydrogen-bond acceptors (Lipinski definition) is 5. The third-order valence-corrected chi connectivity index (χ3v) is 5.56. The number of likely N-dealkylation sites (N-methyl/N-ethyl adjacent to an activating group) is 1. The van der Waals surface area contributed by atoms with E-state index in [2.05, 4.69) is 23.3 Å². The van der Waals surface area contributed by atoms with Crippen LogP contribution >= 0.6 is 0 Å². The molecule has 0 spiro atoms. The topological polar surface area (TPSA) is 67.9 Å². The van der Waals surface area contributed by atoms with Crippen LogP contribution in [0.25, 0.3) is 0 Å². The van der Waals surface area contributed by atoms with Crippen molar-refractivity contribution >= 4 is 17.4 Å². The molecular weight excluding hydrogens is 404 g/mol. The van der Waals surface area contributed by atoms with Crippen LogP contribution in [0.15, 0.2) is 30.3 Å². The molecule has 2 aromatic rings. The van der Waals surface area contributed by atoms with Gasteiger partial charge in [0.2, 0.25) is 0 Å². The third-order valence-electron chi connectivity index (χ3n) is 5.56. The van der Waals surface area contributed by atoms with Crippen LogP contribution in [-0.2, 0) is 13.0 Å². The Balaban J connectivity index is 2.03. The zero-order valence-electron chi connectivity index (χ0n) is 20.0. The molecule has 0 aromatic heterocycles. The second kappa shape index (κ2) is 9.74. The molecule has 1 amide bonds. The standard InChI is InChI=1S/C26H34N2O4/c1-7-31-22-15-23(32-8-2)20(14-19(22)24(29)26(3,4)5)25(30)27-21-11-9-10-17-16-28(6)13-12-18(17)21/h9-11,14-15H,7-8,12-13,16H2,1-6H3,(H,27,30). The van der Waals surface area contributed by atoms with Gasteiger partial charge in [0.25, 0.3) is 5.91 Å². The summed E-state index contributed by atoms with van der Waals surface area (Å²) in [5.74, 6) is 0.459. The van der Waals surface area contributed by atoms with Crippen molar-refractivity contribution < 1.29 is 19.1 Å². The van der Waals surface area contributed by atoms with Crippen molar-refractivity contribution in [2.24, 2.45) is 5.41 Å². The summed E-state index contributed by atoms with van der Waals surface area (Å²) in [5, 5.41) is 3.07. The van der Waals surface area contributed by atoms with Crippen LogP contribution in [0.1, 0.15) is 66.5 Å². The van der Waals surface area contributed by atoms with Gasteiger partial charge in [-0.3, -0.25) is 9.59 Å². The lowest BCUT2D eigenvalue weighted by molar-refractivity contribution is 0.0854. The summed E-state index contributed by atoms with van der Waals surface area (Å²) in [4.78, 5) is 28.8. The minimum Gasteiger partial charge on any atom is -0.493 e. The maximum Gasteiger partial charge on any atom is 0.259 e. The van der Waals surface area contributed by atoms with Gasteiger partial charge in [-0.05, 0) is 50.6 Å². The van der Waals surface area contributed by atoms with Gasteiger partial charge < -0.3 is 19.7 Å². The van der Waals surface area contributed by atoms with Crippen molar-refractivity contribution in [1.29, 1.82) is 0 Å². The van der Waals surface area contributed by atoms with Crippen molar-refractivity contribution in [2.75, 3.05) is 32.1 Å². The number of ether oxygens (including phenoxy) is 2. The number of anilines is 1. The van der Waals surface area contributed by atoms with E-state index in [9.17, 15) is 9.59 Å². The fraction of sp³-hybridized carbons (Fsp3) is 0.462. The summed E-state index contributed by atoms with van der Waals surface area (Å²) in [6, 6.07) is 9.27. The van der Waals surface area contributed by atoms with Gasteiger partial charge >= 0.3 is 0 Å². The zero-order valence-corrected chi connectivity index (χ0v) is 20.0. The number of ketones is 1. The highest BCUT2D eigenvalue weighted by molar-refractivity contribution is 6.10. The van der Waals surface area contributed by atoms with Crippen LogP contribution in [0.5, 0.6) is 11.5 Å². The Morgan fingerprint density at radius 2 is 1.69 bits per heavy atom. The van der Waals surface area contributed by atoms with Gasteiger partial charge in [-0.25, -0.2) is 0 Å². The van der Waals surface area contributed by atoms with Crippen molar-refractivity contribution in [2.45, 2.75) is 47.6 Å². The first-order chi connectivity index (χ1) is 15.2. The third kappa shape index (κ3) is 5.13. The number of carbonyl (C=O) groups excluding carboxylic acids is 2. The monoisotopic (exact) mass is 438 g/mol. The molecule has 1 aliphatic rings. The van der Waals surface area contributed by atoms with E-state index in [1.807, 2.05) is 46.8 Å². The highest BCUT2D eigenvalue weighted by Crippen LogP contribution is 2.35. The fourth-order valence-electron chi connectivity index (χ4n) is 3.93. The van der Waals surface area contributed by atoms with Crippen LogP contribution in [0.2, 0.25) is 0 Å². The molecule has 32 heavy (non-hydrogen) atoms. The predicted molar refractivity (Wildman–Crippen MR) is 127 cm³/mol. The van der Waals surface area contributed by atoms with Gasteiger partial charge in [0.1, 0.15) is 11.5 Å². The first kappa shape index (κ1) is 23.8. The Morgan fingerprint density at radius 3 is 2.31 bits per heavy atom. The number of rotatable bonds is 7. The summed E-state index contributed by atoms with van der Waals surface area (Å²) in [7, 11) is 2.09. The quantitative estimate of drug-likeness (QED) is 0.620. The molecule has 1 aliphatic heterocycles. The molecule has 0 radical (unpaired) electrons. The van der Waals surface area contributed by atoms with E-state index in [0.717, 1.165) is 30.8 Å². The van der Waals surface area contributed by atoms with Crippen LogP contribution in [0.3, 0.4) is 0 Å². The minimum absolute atomic E-state index is 0.0850. The molecular formula is C26H34N2O4. The average Bonchev–Trinajstić information content (AvgIpc) is 2.73. The molecule has 0 aliphatic carbocycles. The maximum atomic E-state index is 13.4. The van der Waals surface area contributed by atoms with E-state index in [4.69, 9.17) is 9.47 Å². The maximum absolute atomic E-state index is 13.4. The van der Waals surface area contributed by atoms with Crippen molar-refractivity contribution in [3.63, 3.8) is 0 Å². The molecule has 0 saturated carbocycles. The normalized spacial score (nSPS) is 13.9. The average molecular weight is 439 g/mol. The highest BCUT2D eigenvalue weighted by Gasteiger charge is 2.29. The van der Waals surface area contributed by atoms with Crippen molar-refractivity contribution in [1.82, 2.24) is 4.90 Å². The molecule has 172 valence electrons. The summed E-state index contributed by atoms with van der Waals surface area (Å²) >= 11 is 0. The summed E-state index contributed by atoms with van der Waals surface area (Å²) in [6.45, 7) is 11.9. The first-order valence-corrected chi connectivity index (χ1v) is 11.2. The number of fused-ring (bicyclic) bond motifs is 1. The van der Waals surface area contributed by atoms with E-state index in [1.165, 1.54) is 5.56 Å². The summed E-state index contributed by atoms with van der Waals surface area (Å²) in [6.07, 6.45) is 0.873. The number of hydrogen-bond donors (Lipinski definition) is 1. The zero-order chi connectivity index (χ0) is 23.5. The molecule has 2 aromatic carbocycles. The molecule has 1 N–H and O–H groups in total. The van der Waals surface area contributed by atoms with E-state index in [-0.39, 0.29) is 11.7 Å². The second-order valence-electron chi connectivity index (χ2n) is 9.17. The Hall–Kier alpha value is -2.86. The number of amides is 1. The number of benzene rings is 2. The van der Waals surface area contributed by atoms with Crippen molar-refractivity contribution in [3.8, 4) is 11.5 Å². The molecule has 1 heterocycles. The number of carbonyl (C=O) groups is 2. The van der Waals surface area contributed by atoms with Crippen molar-refractivity contribution in [3.05, 3.63) is 52.6 Å².